The van der Waals surface area contributed by atoms with Gasteiger partial charge in [-0.25, -0.2) is 0 Å². The summed E-state index contributed by atoms with van der Waals surface area (Å²) in [5, 5.41) is -1.78. The van der Waals surface area contributed by atoms with Crippen LogP contribution in [0.15, 0.2) is 0 Å². The normalized spacial score (nSPS) is 14.1. The van der Waals surface area contributed by atoms with Gasteiger partial charge in [0.05, 0.1) is 0 Å². The van der Waals surface area contributed by atoms with E-state index in [0.29, 0.717) is 6.42 Å². The van der Waals surface area contributed by atoms with Crippen molar-refractivity contribution < 1.29 is 14.4 Å². The highest BCUT2D eigenvalue weighted by Gasteiger charge is 2.55. The summed E-state index contributed by atoms with van der Waals surface area (Å²) in [6, 6.07) is 0. The van der Waals surface area contributed by atoms with Crippen molar-refractivity contribution in [3.63, 3.8) is 0 Å². The standard InChI is InChI=1S/C6H11Cl4O3P/c1-2-3-6(4(7)8,5(9)10)14(11,12)13/h4-5H,2-3H2,1H3,(H2,11,12,13). The van der Waals surface area contributed by atoms with Gasteiger partial charge in [0, 0.05) is 0 Å². The van der Waals surface area contributed by atoms with Gasteiger partial charge in [-0.3, -0.25) is 4.57 Å². The van der Waals surface area contributed by atoms with Gasteiger partial charge in [0.15, 0.2) is 0 Å². The van der Waals surface area contributed by atoms with Crippen LogP contribution in [-0.4, -0.2) is 24.6 Å². The summed E-state index contributed by atoms with van der Waals surface area (Å²) in [7, 11) is -4.56. The Morgan fingerprint density at radius 3 is 1.64 bits per heavy atom. The molecule has 0 atom stereocenters. The van der Waals surface area contributed by atoms with E-state index in [-0.39, 0.29) is 6.42 Å². The molecule has 3 nitrogen and oxygen atoms in total. The highest BCUT2D eigenvalue weighted by atomic mass is 35.5. The first-order valence-corrected chi connectivity index (χ1v) is 7.18. The summed E-state index contributed by atoms with van der Waals surface area (Å²) in [5.74, 6) is 0. The highest BCUT2D eigenvalue weighted by molar-refractivity contribution is 7.54. The zero-order valence-corrected chi connectivity index (χ0v) is 11.2. The topological polar surface area (TPSA) is 57.5 Å². The minimum Gasteiger partial charge on any atom is -0.324 e. The maximum absolute atomic E-state index is 11.3. The Labute approximate surface area is 103 Å². The lowest BCUT2D eigenvalue weighted by molar-refractivity contribution is 0.324. The lowest BCUT2D eigenvalue weighted by Crippen LogP contribution is -2.42. The molecule has 0 aliphatic rings. The molecular weight excluding hydrogens is 293 g/mol. The van der Waals surface area contributed by atoms with Crippen LogP contribution >= 0.6 is 54.0 Å². The summed E-state index contributed by atoms with van der Waals surface area (Å²) in [6.07, 6.45) is 0.531. The minimum atomic E-state index is -4.56. The molecule has 0 rings (SSSR count). The van der Waals surface area contributed by atoms with Crippen LogP contribution in [0.2, 0.25) is 0 Å². The molecule has 0 saturated carbocycles. The first-order chi connectivity index (χ1) is 6.20. The predicted octanol–water partition coefficient (Wildman–Crippen LogP) is 3.31. The molecule has 0 aromatic carbocycles. The highest BCUT2D eigenvalue weighted by Crippen LogP contribution is 2.61. The number of halogens is 4. The molecule has 0 radical (unpaired) electrons. The van der Waals surface area contributed by atoms with E-state index >= 15 is 0 Å². The summed E-state index contributed by atoms with van der Waals surface area (Å²) in [4.78, 5) is 15.7. The average Bonchev–Trinajstić information content (AvgIpc) is 1.95. The molecule has 0 bridgehead atoms. The van der Waals surface area contributed by atoms with Crippen LogP contribution < -0.4 is 0 Å². The number of hydrogen-bond donors (Lipinski definition) is 2. The van der Waals surface area contributed by atoms with E-state index in [1.54, 1.807) is 6.92 Å². The predicted molar refractivity (Wildman–Crippen MR) is 60.7 cm³/mol. The minimum absolute atomic E-state index is 0.0621. The second kappa shape index (κ2) is 5.58. The smallest absolute Gasteiger partial charge is 0.324 e. The quantitative estimate of drug-likeness (QED) is 0.605. The summed E-state index contributed by atoms with van der Waals surface area (Å²) in [6.45, 7) is 1.73. The lowest BCUT2D eigenvalue weighted by atomic mass is 10.1. The monoisotopic (exact) mass is 302 g/mol. The molecule has 0 amide bonds. The Morgan fingerprint density at radius 1 is 1.21 bits per heavy atom. The van der Waals surface area contributed by atoms with Crippen LogP contribution in [0, 0.1) is 0 Å². The first kappa shape index (κ1) is 15.3. The largest absolute Gasteiger partial charge is 0.337 e. The first-order valence-electron chi connectivity index (χ1n) is 3.82. The number of alkyl halides is 4. The molecule has 0 spiro atoms. The molecule has 0 saturated heterocycles. The van der Waals surface area contributed by atoms with Crippen LogP contribution in [0.3, 0.4) is 0 Å². The molecule has 0 fully saturated rings. The van der Waals surface area contributed by atoms with Crippen molar-refractivity contribution in [2.45, 2.75) is 34.6 Å². The zero-order chi connectivity index (χ0) is 11.6. The fraction of sp³-hybridized carbons (Fsp3) is 1.00. The molecule has 0 heterocycles. The molecule has 14 heavy (non-hydrogen) atoms. The van der Waals surface area contributed by atoms with Crippen LogP contribution in [0.5, 0.6) is 0 Å². The van der Waals surface area contributed by atoms with Crippen molar-refractivity contribution >= 4 is 54.0 Å². The molecule has 8 heteroatoms. The van der Waals surface area contributed by atoms with Crippen LogP contribution in [-0.2, 0) is 4.57 Å². The van der Waals surface area contributed by atoms with Gasteiger partial charge >= 0.3 is 7.60 Å². The average molecular weight is 304 g/mol. The Bertz CT molecular complexity index is 219. The lowest BCUT2D eigenvalue weighted by Gasteiger charge is -2.36. The summed E-state index contributed by atoms with van der Waals surface area (Å²) in [5.41, 5.74) is 0. The van der Waals surface area contributed by atoms with E-state index in [1.807, 2.05) is 0 Å². The molecule has 0 aliphatic heterocycles. The molecule has 0 aromatic rings. The van der Waals surface area contributed by atoms with Gasteiger partial charge in [0.25, 0.3) is 0 Å². The van der Waals surface area contributed by atoms with Crippen molar-refractivity contribution in [1.82, 2.24) is 0 Å². The molecule has 0 unspecified atom stereocenters. The van der Waals surface area contributed by atoms with Crippen molar-refractivity contribution in [3.8, 4) is 0 Å². The third-order valence-corrected chi connectivity index (χ3v) is 5.94. The number of hydrogen-bond acceptors (Lipinski definition) is 1. The van der Waals surface area contributed by atoms with Gasteiger partial charge in [-0.05, 0) is 6.42 Å². The van der Waals surface area contributed by atoms with Crippen LogP contribution in [0.25, 0.3) is 0 Å². The third kappa shape index (κ3) is 2.91. The van der Waals surface area contributed by atoms with E-state index in [1.165, 1.54) is 0 Å². The maximum Gasteiger partial charge on any atom is 0.337 e. The van der Waals surface area contributed by atoms with Gasteiger partial charge < -0.3 is 9.79 Å². The third-order valence-electron chi connectivity index (χ3n) is 1.95. The molecular formula is C6H11Cl4O3P. The molecule has 86 valence electrons. The van der Waals surface area contributed by atoms with Gasteiger partial charge in [-0.2, -0.15) is 0 Å². The van der Waals surface area contributed by atoms with Crippen molar-refractivity contribution in [3.05, 3.63) is 0 Å². The zero-order valence-electron chi connectivity index (χ0n) is 7.33. The van der Waals surface area contributed by atoms with Gasteiger partial charge in [0.2, 0.25) is 0 Å². The molecule has 0 aliphatic carbocycles. The fourth-order valence-corrected chi connectivity index (χ4v) is 4.86. The number of rotatable bonds is 5. The van der Waals surface area contributed by atoms with E-state index in [4.69, 9.17) is 46.4 Å². The van der Waals surface area contributed by atoms with Crippen molar-refractivity contribution in [1.29, 1.82) is 0 Å². The van der Waals surface area contributed by atoms with Gasteiger partial charge in [0.1, 0.15) is 14.8 Å². The molecule has 0 aromatic heterocycles. The summed E-state index contributed by atoms with van der Waals surface area (Å²) < 4.78 is 11.3. The second-order valence-corrected chi connectivity index (χ2v) is 7.00. The Kier molecular flexibility index (Phi) is 6.10. The van der Waals surface area contributed by atoms with E-state index in [9.17, 15) is 14.4 Å². The van der Waals surface area contributed by atoms with E-state index in [2.05, 4.69) is 0 Å². The Morgan fingerprint density at radius 2 is 1.57 bits per heavy atom. The van der Waals surface area contributed by atoms with Crippen LogP contribution in [0.1, 0.15) is 19.8 Å². The SMILES string of the molecule is CCCC(C(Cl)Cl)(C(Cl)Cl)P(=O)(O)O. The maximum atomic E-state index is 11.3. The fourth-order valence-electron chi connectivity index (χ4n) is 1.11. The van der Waals surface area contributed by atoms with Gasteiger partial charge in [-0.15, -0.1) is 46.4 Å². The van der Waals surface area contributed by atoms with E-state index in [0.717, 1.165) is 0 Å². The molecule has 2 N–H and O–H groups in total. The van der Waals surface area contributed by atoms with E-state index < -0.39 is 22.4 Å². The Balaban J connectivity index is 5.28. The van der Waals surface area contributed by atoms with Crippen molar-refractivity contribution in [2.24, 2.45) is 0 Å². The second-order valence-electron chi connectivity index (χ2n) is 2.89. The van der Waals surface area contributed by atoms with Crippen molar-refractivity contribution in [2.75, 3.05) is 0 Å². The van der Waals surface area contributed by atoms with Crippen LogP contribution in [0.4, 0.5) is 0 Å². The Hall–Kier alpha value is 1.31. The van der Waals surface area contributed by atoms with Gasteiger partial charge in [-0.1, -0.05) is 13.3 Å². The summed E-state index contributed by atoms with van der Waals surface area (Å²) >= 11 is 22.3.